The zero-order valence-corrected chi connectivity index (χ0v) is 22.9. The second-order valence-corrected chi connectivity index (χ2v) is 11.3. The molecule has 1 aromatic carbocycles. The summed E-state index contributed by atoms with van der Waals surface area (Å²) in [6.07, 6.45) is 2.37. The van der Waals surface area contributed by atoms with E-state index in [1.54, 1.807) is 18.2 Å². The molecule has 0 radical (unpaired) electrons. The van der Waals surface area contributed by atoms with Gasteiger partial charge in [-0.3, -0.25) is 4.79 Å². The van der Waals surface area contributed by atoms with Crippen LogP contribution in [-0.2, 0) is 23.5 Å². The van der Waals surface area contributed by atoms with Crippen molar-refractivity contribution < 1.29 is 18.3 Å². The van der Waals surface area contributed by atoms with Crippen molar-refractivity contribution in [1.82, 2.24) is 23.7 Å². The number of aryl methyl sites for hydroxylation is 2. The number of fused-ring (bicyclic) bond motifs is 1. The molecule has 11 heteroatoms. The summed E-state index contributed by atoms with van der Waals surface area (Å²) in [6.45, 7) is 9.15. The van der Waals surface area contributed by atoms with Crippen LogP contribution >= 0.6 is 0 Å². The highest BCUT2D eigenvalue weighted by atomic mass is 32.2. The number of ether oxygens (including phenoxy) is 1. The highest BCUT2D eigenvalue weighted by Crippen LogP contribution is 2.33. The fourth-order valence-electron chi connectivity index (χ4n) is 4.98. The van der Waals surface area contributed by atoms with Gasteiger partial charge in [0.25, 0.3) is 5.56 Å². The van der Waals surface area contributed by atoms with E-state index in [9.17, 15) is 13.2 Å². The predicted molar refractivity (Wildman–Crippen MR) is 144 cm³/mol. The Labute approximate surface area is 217 Å². The summed E-state index contributed by atoms with van der Waals surface area (Å²) in [7, 11) is -1.91. The molecule has 202 valence electrons. The largest absolute Gasteiger partial charge is 0.493 e. The molecule has 3 aromatic rings. The van der Waals surface area contributed by atoms with Crippen LogP contribution in [0.15, 0.2) is 27.9 Å². The molecule has 0 bridgehead atoms. The number of benzene rings is 1. The van der Waals surface area contributed by atoms with Crippen molar-refractivity contribution in [1.29, 1.82) is 0 Å². The van der Waals surface area contributed by atoms with E-state index in [2.05, 4.69) is 16.8 Å². The smallest absolute Gasteiger partial charge is 0.275 e. The van der Waals surface area contributed by atoms with Crippen LogP contribution in [0.1, 0.15) is 37.9 Å². The van der Waals surface area contributed by atoms with Gasteiger partial charge in [0.1, 0.15) is 17.1 Å². The van der Waals surface area contributed by atoms with E-state index in [4.69, 9.17) is 14.8 Å². The molecule has 0 spiro atoms. The zero-order chi connectivity index (χ0) is 26.7. The first-order valence-corrected chi connectivity index (χ1v) is 14.4. The van der Waals surface area contributed by atoms with Gasteiger partial charge in [0.2, 0.25) is 10.0 Å². The van der Waals surface area contributed by atoms with Crippen LogP contribution in [0.3, 0.4) is 0 Å². The Morgan fingerprint density at radius 2 is 1.89 bits per heavy atom. The van der Waals surface area contributed by atoms with Crippen LogP contribution in [0.5, 0.6) is 5.75 Å². The van der Waals surface area contributed by atoms with Gasteiger partial charge in [-0.25, -0.2) is 13.4 Å². The number of hydrogen-bond acceptors (Lipinski definition) is 7. The van der Waals surface area contributed by atoms with Crippen molar-refractivity contribution in [2.45, 2.75) is 44.9 Å². The van der Waals surface area contributed by atoms with Crippen LogP contribution in [-0.4, -0.2) is 83.2 Å². The molecule has 0 aliphatic carbocycles. The van der Waals surface area contributed by atoms with Gasteiger partial charge in [0, 0.05) is 52.1 Å². The van der Waals surface area contributed by atoms with E-state index in [-0.39, 0.29) is 22.9 Å². The number of rotatable bonds is 10. The van der Waals surface area contributed by atoms with Crippen LogP contribution in [0.4, 0.5) is 0 Å². The Morgan fingerprint density at radius 3 is 2.54 bits per heavy atom. The monoisotopic (exact) mass is 531 g/mol. The highest BCUT2D eigenvalue weighted by Gasteiger charge is 2.29. The third kappa shape index (κ3) is 5.31. The predicted octanol–water partition coefficient (Wildman–Crippen LogP) is 2.28. The lowest BCUT2D eigenvalue weighted by atomic mass is 10.1. The number of nitrogens with zero attached hydrogens (tertiary/aromatic N) is 4. The quantitative estimate of drug-likeness (QED) is 0.412. The number of sulfonamides is 1. The van der Waals surface area contributed by atoms with Gasteiger partial charge in [-0.2, -0.15) is 4.31 Å². The first-order valence-electron chi connectivity index (χ1n) is 12.9. The van der Waals surface area contributed by atoms with Gasteiger partial charge in [-0.05, 0) is 50.5 Å². The maximum absolute atomic E-state index is 13.6. The molecule has 1 aliphatic rings. The Bertz CT molecular complexity index is 1420. The number of aromatic nitrogens is 3. The minimum Gasteiger partial charge on any atom is -0.493 e. The summed E-state index contributed by atoms with van der Waals surface area (Å²) in [6, 6.07) is 4.74. The van der Waals surface area contributed by atoms with Crippen molar-refractivity contribution in [3.63, 3.8) is 0 Å². The number of H-pyrrole nitrogens is 1. The lowest BCUT2D eigenvalue weighted by Crippen LogP contribution is -2.48. The topological polar surface area (TPSA) is 121 Å². The number of aliphatic hydroxyl groups excluding tert-OH is 1. The van der Waals surface area contributed by atoms with Crippen molar-refractivity contribution >= 4 is 21.1 Å². The molecule has 0 amide bonds. The zero-order valence-electron chi connectivity index (χ0n) is 22.1. The summed E-state index contributed by atoms with van der Waals surface area (Å²) in [5.41, 5.74) is 3.32. The molecule has 2 aromatic heterocycles. The van der Waals surface area contributed by atoms with Gasteiger partial charge >= 0.3 is 0 Å². The van der Waals surface area contributed by atoms with Gasteiger partial charge in [0.15, 0.2) is 0 Å². The van der Waals surface area contributed by atoms with Crippen molar-refractivity contribution in [2.75, 3.05) is 45.9 Å². The SMILES string of the molecule is CCCc1c(C)n(C)c2c(=O)[nH]c(-c3cc(S(=O)(=O)N4CCN(CCCO)CC4)ccc3OCC)nc12. The van der Waals surface area contributed by atoms with Gasteiger partial charge in [-0.1, -0.05) is 13.3 Å². The Hall–Kier alpha value is -2.73. The summed E-state index contributed by atoms with van der Waals surface area (Å²) in [5.74, 6) is 0.747. The maximum atomic E-state index is 13.6. The first-order chi connectivity index (χ1) is 17.7. The van der Waals surface area contributed by atoms with Gasteiger partial charge in [-0.15, -0.1) is 0 Å². The van der Waals surface area contributed by atoms with Crippen LogP contribution in [0, 0.1) is 6.92 Å². The lowest BCUT2D eigenvalue weighted by Gasteiger charge is -2.33. The van der Waals surface area contributed by atoms with E-state index < -0.39 is 10.0 Å². The number of nitrogens with one attached hydrogen (secondary N) is 1. The molecule has 0 unspecified atom stereocenters. The van der Waals surface area contributed by atoms with Crippen molar-refractivity contribution in [3.8, 4) is 17.1 Å². The molecule has 1 fully saturated rings. The third-order valence-corrected chi connectivity index (χ3v) is 8.96. The Balaban J connectivity index is 1.76. The fourth-order valence-corrected chi connectivity index (χ4v) is 6.43. The minimum atomic E-state index is -3.76. The normalized spacial score (nSPS) is 15.5. The second-order valence-electron chi connectivity index (χ2n) is 9.40. The average molecular weight is 532 g/mol. The molecule has 2 N–H and O–H groups in total. The number of hydrogen-bond donors (Lipinski definition) is 2. The molecule has 1 aliphatic heterocycles. The minimum absolute atomic E-state index is 0.123. The summed E-state index contributed by atoms with van der Waals surface area (Å²) in [4.78, 5) is 23.2. The first kappa shape index (κ1) is 27.3. The Morgan fingerprint density at radius 1 is 1.16 bits per heavy atom. The van der Waals surface area contributed by atoms with E-state index in [0.717, 1.165) is 30.6 Å². The van der Waals surface area contributed by atoms with Gasteiger partial charge < -0.3 is 24.3 Å². The lowest BCUT2D eigenvalue weighted by molar-refractivity contribution is 0.171. The average Bonchev–Trinajstić information content (AvgIpc) is 3.13. The molecule has 1 saturated heterocycles. The molecule has 4 rings (SSSR count). The van der Waals surface area contributed by atoms with Gasteiger partial charge in [0.05, 0.1) is 22.6 Å². The number of aromatic amines is 1. The third-order valence-electron chi connectivity index (χ3n) is 7.06. The molecular weight excluding hydrogens is 494 g/mol. The van der Waals surface area contributed by atoms with Crippen molar-refractivity contribution in [2.24, 2.45) is 7.05 Å². The summed E-state index contributed by atoms with van der Waals surface area (Å²) >= 11 is 0. The summed E-state index contributed by atoms with van der Waals surface area (Å²) in [5, 5.41) is 9.07. The van der Waals surface area contributed by atoms with Crippen LogP contribution in [0.2, 0.25) is 0 Å². The van der Waals surface area contributed by atoms with Crippen molar-refractivity contribution in [3.05, 3.63) is 39.8 Å². The number of piperazine rings is 1. The summed E-state index contributed by atoms with van der Waals surface area (Å²) < 4.78 is 36.3. The van der Waals surface area contributed by atoms with E-state index in [1.165, 1.54) is 4.31 Å². The molecule has 3 heterocycles. The maximum Gasteiger partial charge on any atom is 0.275 e. The number of aliphatic hydroxyl groups is 1. The van der Waals surface area contributed by atoms with E-state index in [0.29, 0.717) is 61.6 Å². The van der Waals surface area contributed by atoms with E-state index in [1.807, 2.05) is 25.5 Å². The highest BCUT2D eigenvalue weighted by molar-refractivity contribution is 7.89. The molecule has 37 heavy (non-hydrogen) atoms. The van der Waals surface area contributed by atoms with Crippen LogP contribution in [0.25, 0.3) is 22.4 Å². The molecular formula is C26H37N5O5S. The molecule has 0 saturated carbocycles. The van der Waals surface area contributed by atoms with Crippen LogP contribution < -0.4 is 10.3 Å². The fraction of sp³-hybridized carbons (Fsp3) is 0.538. The molecule has 10 nitrogen and oxygen atoms in total. The Kier molecular flexibility index (Phi) is 8.37. The van der Waals surface area contributed by atoms with E-state index >= 15 is 0 Å². The standard InChI is InChI=1S/C26H37N5O5S/c1-5-8-20-18(3)29(4)24-23(20)27-25(28-26(24)33)21-17-19(9-10-22(21)36-6-2)37(34,35)31-14-12-30(13-15-31)11-7-16-32/h9-10,17,32H,5-8,11-16H2,1-4H3,(H,27,28,33). The molecule has 0 atom stereocenters. The second kappa shape index (κ2) is 11.3.